The monoisotopic (exact) mass is 1490 g/mol. The Morgan fingerprint density at radius 2 is 0.918 bits per heavy atom. The van der Waals surface area contributed by atoms with E-state index in [1.807, 2.05) is 104 Å². The van der Waals surface area contributed by atoms with Gasteiger partial charge in [-0.1, -0.05) is 109 Å². The number of nitrogens with zero attached hydrogens (tertiary/aromatic N) is 17. The summed E-state index contributed by atoms with van der Waals surface area (Å²) >= 11 is 0. The highest BCUT2D eigenvalue weighted by Crippen LogP contribution is 2.41. The predicted molar refractivity (Wildman–Crippen MR) is 425 cm³/mol. The average Bonchev–Trinajstić information content (AvgIpc) is 1.57. The fourth-order valence-corrected chi connectivity index (χ4v) is 14.1. The van der Waals surface area contributed by atoms with Crippen molar-refractivity contribution in [3.8, 4) is 73.4 Å². The number of nitrogens with one attached hydrogen (secondary N) is 3. The van der Waals surface area contributed by atoms with Gasteiger partial charge in [0.1, 0.15) is 30.2 Å². The lowest BCUT2D eigenvalue weighted by Gasteiger charge is -2.19. The molecular formula is C82H76ClN21O6. The first-order valence-corrected chi connectivity index (χ1v) is 36.1. The predicted octanol–water partition coefficient (Wildman–Crippen LogP) is 17.2. The number of aromatic hydroxyl groups is 3. The van der Waals surface area contributed by atoms with Crippen LogP contribution in [0.4, 0.5) is 34.1 Å². The number of nitrogen functional groups attached to an aromatic ring is 1. The number of halogens is 1. The second kappa shape index (κ2) is 33.1. The topological polar surface area (TPSA) is 373 Å². The smallest absolute Gasteiger partial charge is 0.299 e. The lowest BCUT2D eigenvalue weighted by molar-refractivity contribution is -0.116. The molecule has 18 rings (SSSR count). The van der Waals surface area contributed by atoms with Gasteiger partial charge in [0.15, 0.2) is 22.9 Å². The Bertz CT molecular complexity index is 5830. The number of amides is 1. The number of benzene rings is 9. The number of phenolic OH excluding ortho intramolecular Hbond substituents is 3. The third-order valence-corrected chi connectivity index (χ3v) is 19.8. The van der Waals surface area contributed by atoms with E-state index in [0.29, 0.717) is 53.4 Å². The third-order valence-electron chi connectivity index (χ3n) is 19.8. The van der Waals surface area contributed by atoms with Crippen LogP contribution in [0.25, 0.3) is 56.1 Å². The number of para-hydroxylation sites is 3. The number of hydrazone groups is 1. The van der Waals surface area contributed by atoms with Gasteiger partial charge in [-0.25, -0.2) is 14.4 Å². The molecule has 552 valence electrons. The molecule has 110 heavy (non-hydrogen) atoms. The zero-order valence-electron chi connectivity index (χ0n) is 60.2. The van der Waals surface area contributed by atoms with E-state index < -0.39 is 0 Å². The van der Waals surface area contributed by atoms with Crippen molar-refractivity contribution in [3.63, 3.8) is 0 Å². The minimum Gasteiger partial charge on any atom is -0.505 e. The Balaban J connectivity index is 0.000000128. The Hall–Kier alpha value is -13.6. The van der Waals surface area contributed by atoms with Crippen molar-refractivity contribution in [2.75, 3.05) is 23.8 Å². The number of anilines is 2. The molecule has 8 N–H and O–H groups in total. The van der Waals surface area contributed by atoms with Gasteiger partial charge < -0.3 is 21.1 Å². The van der Waals surface area contributed by atoms with Crippen molar-refractivity contribution >= 4 is 69.6 Å². The minimum absolute atomic E-state index is 0. The fraction of sp³-hybridized carbons (Fsp3) is 0.207. The Labute approximate surface area is 636 Å². The number of carbonyl (C=O) groups excluding carboxylic acids is 1. The molecule has 0 radical (unpaired) electrons. The number of tetrazole rings is 1. The van der Waals surface area contributed by atoms with E-state index in [1.165, 1.54) is 93.9 Å². The number of H-pyrrole nitrogens is 3. The first kappa shape index (κ1) is 73.3. The van der Waals surface area contributed by atoms with Gasteiger partial charge in [0.05, 0.1) is 52.5 Å². The summed E-state index contributed by atoms with van der Waals surface area (Å²) in [5.74, 6) is 0.622. The van der Waals surface area contributed by atoms with E-state index in [1.54, 1.807) is 60.5 Å². The van der Waals surface area contributed by atoms with Crippen LogP contribution in [0, 0.1) is 6.92 Å². The molecule has 6 aliphatic rings. The van der Waals surface area contributed by atoms with Gasteiger partial charge in [-0.15, -0.1) is 53.3 Å². The number of hydrogen-bond acceptors (Lipinski definition) is 21. The zero-order valence-corrected chi connectivity index (χ0v) is 61.0. The van der Waals surface area contributed by atoms with E-state index in [-0.39, 0.29) is 69.4 Å². The van der Waals surface area contributed by atoms with Crippen LogP contribution >= 0.6 is 12.4 Å². The number of phenols is 3. The summed E-state index contributed by atoms with van der Waals surface area (Å²) < 4.78 is 2.97. The van der Waals surface area contributed by atoms with E-state index in [0.717, 1.165) is 99.7 Å². The molecule has 0 spiro atoms. The van der Waals surface area contributed by atoms with Gasteiger partial charge >= 0.3 is 0 Å². The average molecular weight is 1490 g/mol. The summed E-state index contributed by atoms with van der Waals surface area (Å²) in [6.45, 7) is 4.55. The molecule has 0 saturated carbocycles. The summed E-state index contributed by atoms with van der Waals surface area (Å²) in [7, 11) is 0. The van der Waals surface area contributed by atoms with E-state index in [9.17, 15) is 29.7 Å². The molecular weight excluding hydrogens is 1410 g/mol. The summed E-state index contributed by atoms with van der Waals surface area (Å²) in [5.41, 5.74) is 26.9. The molecule has 0 saturated heterocycles. The molecule has 1 amide bonds. The molecule has 0 atom stereocenters. The molecule has 3 aromatic heterocycles. The maximum atomic E-state index is 13.2. The van der Waals surface area contributed by atoms with E-state index in [4.69, 9.17) is 5.73 Å². The SMILES string of the molecule is CC1=NN(c2ccc3c(c2)CCCC3)C(=O)C1.Cc1[nH]n(-c2ccc3c(c2)CCCC3)c(=O)c1N=Nc1cccc(-c2cccc(C3=NN=NC3)c2)c1O.Cl.Nc1cccc(-c2cccc(-c3nn[nH]n3)c2)c1O.O=c1c(N=Nc2cccc(-c3cccc(C4=NN=NC4)c3)c2O)c[nH]n1-c1ccc2c(c1)CCCC2. The first-order chi connectivity index (χ1) is 53.2. The molecule has 12 aromatic rings. The second-order valence-corrected chi connectivity index (χ2v) is 27.1. The Kier molecular flexibility index (Phi) is 22.0. The molecule has 0 fully saturated rings. The maximum Gasteiger partial charge on any atom is 0.299 e. The number of aromatic amines is 3. The molecule has 28 heteroatoms. The van der Waals surface area contributed by atoms with Gasteiger partial charge in [-0.3, -0.25) is 24.6 Å². The molecule has 27 nitrogen and oxygen atoms in total. The molecule has 3 aliphatic carbocycles. The standard InChI is InChI=1S/C28H25N7O2.C27H23N7O2.C14H16N2O.C13H11N5O.ClH/c1-17-26(28(37)35(33-17)22-13-12-18-6-2-3-7-19(18)15-22)32-30-24-11-5-10-23(27(24)36)20-8-4-9-21(14-20)25-16-29-34-31-25;35-26-22(19-7-3-8-20(13-19)24-15-28-33-32-24)9-4-10-23(26)30-31-25-16-29-34(27(25)36)21-12-11-17-5-1-2-6-18(17)14-21;1-10-8-14(17)16(15-10)13-7-6-11-4-2-3-5-12(11)9-13;14-11-6-2-5-10(12(11)19)8-3-1-4-9(7-8)13-15-17-18-16-13;/h4-5,8-15,33,36H,2-3,6-7,16H2,1H3;3-4,7-14,16,29,35H,1-2,5-6,15H2;6-7,9H,2-5,8H2,1H3;1-7,19H,14H2,(H,15,16,17,18);1H. The van der Waals surface area contributed by atoms with Crippen LogP contribution in [0.2, 0.25) is 0 Å². The Morgan fingerprint density at radius 1 is 0.464 bits per heavy atom. The van der Waals surface area contributed by atoms with Gasteiger partial charge in [-0.2, -0.15) is 20.5 Å². The summed E-state index contributed by atoms with van der Waals surface area (Å²) in [4.78, 5) is 38.0. The zero-order chi connectivity index (χ0) is 74.9. The van der Waals surface area contributed by atoms with Gasteiger partial charge in [-0.05, 0) is 229 Å². The van der Waals surface area contributed by atoms with E-state index in [2.05, 4.69) is 124 Å². The summed E-state index contributed by atoms with van der Waals surface area (Å²) in [5, 5.41) is 97.7. The summed E-state index contributed by atoms with van der Waals surface area (Å²) in [6.07, 6.45) is 15.8. The largest absolute Gasteiger partial charge is 0.505 e. The lowest BCUT2D eigenvalue weighted by atomic mass is 9.91. The fourth-order valence-electron chi connectivity index (χ4n) is 14.1. The van der Waals surface area contributed by atoms with Crippen molar-refractivity contribution in [2.45, 2.75) is 97.3 Å². The van der Waals surface area contributed by atoms with Crippen LogP contribution < -0.4 is 21.9 Å². The Morgan fingerprint density at radius 3 is 1.43 bits per heavy atom. The highest BCUT2D eigenvalue weighted by molar-refractivity contribution is 6.12. The highest BCUT2D eigenvalue weighted by atomic mass is 35.5. The third kappa shape index (κ3) is 16.1. The number of fused-ring (bicyclic) bond motifs is 3. The van der Waals surface area contributed by atoms with Crippen molar-refractivity contribution in [2.24, 2.45) is 56.4 Å². The van der Waals surface area contributed by atoms with Crippen LogP contribution in [-0.2, 0) is 43.3 Å². The number of azo groups is 2. The number of aryl methyl sites for hydroxylation is 7. The van der Waals surface area contributed by atoms with Crippen molar-refractivity contribution in [3.05, 3.63) is 259 Å². The number of carbonyl (C=O) groups is 1. The second-order valence-electron chi connectivity index (χ2n) is 27.1. The normalized spacial score (nSPS) is 14.6. The van der Waals surface area contributed by atoms with Crippen LogP contribution in [0.1, 0.15) is 102 Å². The van der Waals surface area contributed by atoms with Gasteiger partial charge in [0.25, 0.3) is 17.0 Å². The van der Waals surface area contributed by atoms with Crippen LogP contribution in [0.15, 0.2) is 254 Å². The molecule has 9 aromatic carbocycles. The number of aromatic nitrogens is 8. The van der Waals surface area contributed by atoms with Crippen molar-refractivity contribution in [1.82, 2.24) is 40.2 Å². The maximum absolute atomic E-state index is 13.2. The molecule has 0 unspecified atom stereocenters. The first-order valence-electron chi connectivity index (χ1n) is 36.1. The number of nitrogens with two attached hydrogens (primary N) is 1. The van der Waals surface area contributed by atoms with Gasteiger partial charge in [0.2, 0.25) is 5.82 Å². The number of hydrogen-bond donors (Lipinski definition) is 7. The molecule has 0 bridgehead atoms. The van der Waals surface area contributed by atoms with Crippen molar-refractivity contribution in [1.29, 1.82) is 0 Å². The van der Waals surface area contributed by atoms with Crippen LogP contribution in [-0.4, -0.2) is 91.6 Å². The molecule has 6 heterocycles. The lowest BCUT2D eigenvalue weighted by Crippen LogP contribution is -2.20. The van der Waals surface area contributed by atoms with Gasteiger partial charge in [0, 0.05) is 39.1 Å². The van der Waals surface area contributed by atoms with Crippen LogP contribution in [0.5, 0.6) is 17.2 Å². The summed E-state index contributed by atoms with van der Waals surface area (Å²) in [6, 6.07) is 57.1. The highest BCUT2D eigenvalue weighted by Gasteiger charge is 2.25. The number of rotatable bonds is 13. The van der Waals surface area contributed by atoms with Crippen LogP contribution in [0.3, 0.4) is 0 Å². The van der Waals surface area contributed by atoms with E-state index >= 15 is 0 Å². The van der Waals surface area contributed by atoms with Crippen molar-refractivity contribution < 1.29 is 20.1 Å². The quantitative estimate of drug-likeness (QED) is 0.0325. The minimum atomic E-state index is -0.300. The molecule has 3 aliphatic heterocycles.